The average molecular weight is 234 g/mol. The van der Waals surface area contributed by atoms with Crippen LogP contribution >= 0.6 is 0 Å². The van der Waals surface area contributed by atoms with Gasteiger partial charge in [-0.05, 0) is 0 Å². The molecule has 0 aliphatic heterocycles. The zero-order chi connectivity index (χ0) is 12.3. The van der Waals surface area contributed by atoms with Crippen LogP contribution in [0, 0.1) is 0 Å². The lowest BCUT2D eigenvalue weighted by molar-refractivity contribution is 0.0690. The van der Waals surface area contributed by atoms with Gasteiger partial charge in [0, 0.05) is 13.2 Å². The Balaban J connectivity index is 1.97. The molecular formula is C9H10N6O2. The van der Waals surface area contributed by atoms with E-state index in [1.807, 2.05) is 0 Å². The van der Waals surface area contributed by atoms with Crippen molar-refractivity contribution in [2.75, 3.05) is 5.32 Å². The quantitative estimate of drug-likeness (QED) is 0.761. The first-order valence-electron chi connectivity index (χ1n) is 4.79. The van der Waals surface area contributed by atoms with Crippen molar-refractivity contribution in [3.63, 3.8) is 0 Å². The van der Waals surface area contributed by atoms with E-state index in [-0.39, 0.29) is 5.69 Å². The van der Waals surface area contributed by atoms with E-state index in [9.17, 15) is 4.79 Å². The zero-order valence-corrected chi connectivity index (χ0v) is 9.03. The van der Waals surface area contributed by atoms with E-state index in [0.29, 0.717) is 12.4 Å². The summed E-state index contributed by atoms with van der Waals surface area (Å²) in [6, 6.07) is 0. The second-order valence-electron chi connectivity index (χ2n) is 3.33. The van der Waals surface area contributed by atoms with Crippen LogP contribution in [-0.4, -0.2) is 36.0 Å². The number of nitrogens with one attached hydrogen (secondary N) is 1. The summed E-state index contributed by atoms with van der Waals surface area (Å²) >= 11 is 0. The second kappa shape index (κ2) is 4.56. The number of hydrogen-bond acceptors (Lipinski definition) is 6. The number of hydrogen-bond donors (Lipinski definition) is 2. The van der Waals surface area contributed by atoms with Crippen molar-refractivity contribution in [1.82, 2.24) is 25.0 Å². The molecule has 2 rings (SSSR count). The molecule has 0 aromatic carbocycles. The van der Waals surface area contributed by atoms with Gasteiger partial charge in [-0.2, -0.15) is 0 Å². The molecule has 8 nitrogen and oxygen atoms in total. The van der Waals surface area contributed by atoms with Crippen molar-refractivity contribution < 1.29 is 9.90 Å². The molecule has 88 valence electrons. The van der Waals surface area contributed by atoms with Gasteiger partial charge in [0.15, 0.2) is 5.69 Å². The molecule has 0 bridgehead atoms. The van der Waals surface area contributed by atoms with E-state index < -0.39 is 5.97 Å². The summed E-state index contributed by atoms with van der Waals surface area (Å²) < 4.78 is 1.59. The highest BCUT2D eigenvalue weighted by molar-refractivity contribution is 5.84. The molecule has 0 saturated heterocycles. The van der Waals surface area contributed by atoms with Crippen LogP contribution < -0.4 is 5.32 Å². The van der Waals surface area contributed by atoms with Gasteiger partial charge in [-0.3, -0.25) is 4.68 Å². The molecule has 0 radical (unpaired) electrons. The van der Waals surface area contributed by atoms with Gasteiger partial charge in [0.05, 0.1) is 18.9 Å². The van der Waals surface area contributed by atoms with E-state index in [2.05, 4.69) is 25.6 Å². The first-order chi connectivity index (χ1) is 8.15. The maximum absolute atomic E-state index is 10.6. The van der Waals surface area contributed by atoms with E-state index in [1.54, 1.807) is 17.9 Å². The number of aryl methyl sites for hydroxylation is 1. The standard InChI is InChI=1S/C9H10N6O2/c1-15-5-6(13-14-15)2-11-8-4-10-7(3-12-8)9(16)17/h3-5H,2H2,1H3,(H,11,12)(H,16,17). The Hall–Kier alpha value is -2.51. The van der Waals surface area contributed by atoms with Crippen molar-refractivity contribution in [1.29, 1.82) is 0 Å². The first kappa shape index (κ1) is 11.0. The van der Waals surface area contributed by atoms with Crippen LogP contribution in [0.3, 0.4) is 0 Å². The van der Waals surface area contributed by atoms with E-state index in [0.717, 1.165) is 5.69 Å². The fraction of sp³-hybridized carbons (Fsp3) is 0.222. The lowest BCUT2D eigenvalue weighted by Gasteiger charge is -2.02. The largest absolute Gasteiger partial charge is 0.476 e. The molecular weight excluding hydrogens is 224 g/mol. The fourth-order valence-corrected chi connectivity index (χ4v) is 1.19. The van der Waals surface area contributed by atoms with Gasteiger partial charge in [0.1, 0.15) is 11.5 Å². The van der Waals surface area contributed by atoms with E-state index >= 15 is 0 Å². The molecule has 2 heterocycles. The maximum atomic E-state index is 10.6. The number of anilines is 1. The number of carboxylic acids is 1. The Bertz CT molecular complexity index is 521. The fourth-order valence-electron chi connectivity index (χ4n) is 1.19. The summed E-state index contributed by atoms with van der Waals surface area (Å²) in [4.78, 5) is 18.2. The SMILES string of the molecule is Cn1cc(CNc2cnc(C(=O)O)cn2)nn1. The van der Waals surface area contributed by atoms with Gasteiger partial charge >= 0.3 is 5.97 Å². The van der Waals surface area contributed by atoms with Crippen LogP contribution in [0.2, 0.25) is 0 Å². The highest BCUT2D eigenvalue weighted by Crippen LogP contribution is 2.03. The molecule has 0 unspecified atom stereocenters. The normalized spacial score (nSPS) is 10.2. The van der Waals surface area contributed by atoms with Crippen LogP contribution in [0.25, 0.3) is 0 Å². The Morgan fingerprint density at radius 1 is 1.47 bits per heavy atom. The number of carbonyl (C=O) groups is 1. The third-order valence-electron chi connectivity index (χ3n) is 1.97. The van der Waals surface area contributed by atoms with Crippen molar-refractivity contribution in [2.24, 2.45) is 7.05 Å². The lowest BCUT2D eigenvalue weighted by atomic mass is 10.4. The van der Waals surface area contributed by atoms with Gasteiger partial charge < -0.3 is 10.4 Å². The highest BCUT2D eigenvalue weighted by Gasteiger charge is 2.05. The molecule has 0 fully saturated rings. The Kier molecular flexibility index (Phi) is 2.95. The predicted molar refractivity (Wildman–Crippen MR) is 57.3 cm³/mol. The van der Waals surface area contributed by atoms with E-state index in [1.165, 1.54) is 12.4 Å². The summed E-state index contributed by atoms with van der Waals surface area (Å²) in [5.74, 6) is -0.612. The monoisotopic (exact) mass is 234 g/mol. The molecule has 0 atom stereocenters. The average Bonchev–Trinajstić information content (AvgIpc) is 2.73. The predicted octanol–water partition coefficient (Wildman–Crippen LogP) is -0.0846. The minimum atomic E-state index is -1.10. The number of carboxylic acid groups (broad SMARTS) is 1. The molecule has 0 aliphatic rings. The summed E-state index contributed by atoms with van der Waals surface area (Å²) in [6.07, 6.45) is 4.33. The van der Waals surface area contributed by atoms with Crippen molar-refractivity contribution in [3.05, 3.63) is 30.0 Å². The Morgan fingerprint density at radius 2 is 2.29 bits per heavy atom. The molecule has 17 heavy (non-hydrogen) atoms. The molecule has 0 saturated carbocycles. The van der Waals surface area contributed by atoms with Crippen molar-refractivity contribution in [3.8, 4) is 0 Å². The zero-order valence-electron chi connectivity index (χ0n) is 9.03. The van der Waals surface area contributed by atoms with Gasteiger partial charge in [0.25, 0.3) is 0 Å². The molecule has 2 N–H and O–H groups in total. The maximum Gasteiger partial charge on any atom is 0.356 e. The molecule has 0 amide bonds. The van der Waals surface area contributed by atoms with E-state index in [4.69, 9.17) is 5.11 Å². The van der Waals surface area contributed by atoms with Crippen molar-refractivity contribution in [2.45, 2.75) is 6.54 Å². The Morgan fingerprint density at radius 3 is 2.82 bits per heavy atom. The van der Waals surface area contributed by atoms with Gasteiger partial charge in [-0.15, -0.1) is 5.10 Å². The molecule has 2 aromatic heterocycles. The van der Waals surface area contributed by atoms with Crippen molar-refractivity contribution >= 4 is 11.8 Å². The molecule has 8 heteroatoms. The molecule has 0 spiro atoms. The van der Waals surface area contributed by atoms with Crippen LogP contribution in [0.15, 0.2) is 18.6 Å². The highest BCUT2D eigenvalue weighted by atomic mass is 16.4. The summed E-state index contributed by atoms with van der Waals surface area (Å²) in [5, 5.41) is 19.3. The number of aromatic carboxylic acids is 1. The summed E-state index contributed by atoms with van der Waals surface area (Å²) in [6.45, 7) is 0.453. The van der Waals surface area contributed by atoms with Crippen LogP contribution in [-0.2, 0) is 13.6 Å². The van der Waals surface area contributed by atoms with Crippen LogP contribution in [0.1, 0.15) is 16.2 Å². The third-order valence-corrected chi connectivity index (χ3v) is 1.97. The molecule has 0 aliphatic carbocycles. The number of rotatable bonds is 4. The number of nitrogens with zero attached hydrogens (tertiary/aromatic N) is 5. The van der Waals surface area contributed by atoms with Crippen LogP contribution in [0.4, 0.5) is 5.82 Å². The van der Waals surface area contributed by atoms with Gasteiger partial charge in [-0.1, -0.05) is 5.21 Å². The topological polar surface area (TPSA) is 106 Å². The number of aromatic nitrogens is 5. The molecule has 2 aromatic rings. The first-order valence-corrected chi connectivity index (χ1v) is 4.79. The minimum Gasteiger partial charge on any atom is -0.476 e. The second-order valence-corrected chi connectivity index (χ2v) is 3.33. The van der Waals surface area contributed by atoms with Gasteiger partial charge in [0.2, 0.25) is 0 Å². The minimum absolute atomic E-state index is 0.0879. The summed E-state index contributed by atoms with van der Waals surface area (Å²) in [5.41, 5.74) is 0.673. The smallest absolute Gasteiger partial charge is 0.356 e. The lowest BCUT2D eigenvalue weighted by Crippen LogP contribution is -2.05. The third kappa shape index (κ3) is 2.74. The van der Waals surface area contributed by atoms with Crippen LogP contribution in [0.5, 0.6) is 0 Å². The summed E-state index contributed by atoms with van der Waals surface area (Å²) in [7, 11) is 1.78. The van der Waals surface area contributed by atoms with Gasteiger partial charge in [-0.25, -0.2) is 14.8 Å². The Labute approximate surface area is 96.3 Å².